The summed E-state index contributed by atoms with van der Waals surface area (Å²) in [7, 11) is -4.03. The third kappa shape index (κ3) is 5.43. The number of nitrogens with zero attached hydrogens (tertiary/aromatic N) is 1. The summed E-state index contributed by atoms with van der Waals surface area (Å²) in [5.41, 5.74) is 2.49. The molecule has 1 aliphatic heterocycles. The van der Waals surface area contributed by atoms with Crippen LogP contribution in [0.4, 0.5) is 9.59 Å². The highest BCUT2D eigenvalue weighted by molar-refractivity contribution is 7.90. The van der Waals surface area contributed by atoms with E-state index < -0.39 is 22.1 Å². The van der Waals surface area contributed by atoms with Crippen molar-refractivity contribution < 1.29 is 22.8 Å². The summed E-state index contributed by atoms with van der Waals surface area (Å²) in [5, 5.41) is 7.05. The molecule has 0 saturated carbocycles. The van der Waals surface area contributed by atoms with Crippen molar-refractivity contribution in [3.05, 3.63) is 87.6 Å². The number of sulfonamides is 1. The molecule has 0 aliphatic carbocycles. The average molecular weight is 499 g/mol. The van der Waals surface area contributed by atoms with E-state index in [9.17, 15) is 22.8 Å². The van der Waals surface area contributed by atoms with Gasteiger partial charge in [0.25, 0.3) is 15.9 Å². The molecule has 5 amide bonds. The van der Waals surface area contributed by atoms with Gasteiger partial charge in [0.15, 0.2) is 0 Å². The van der Waals surface area contributed by atoms with E-state index in [2.05, 4.69) is 10.6 Å². The number of thiophene rings is 1. The molecular formula is C23H22N4O5S2. The minimum absolute atomic E-state index is 0.0519. The summed E-state index contributed by atoms with van der Waals surface area (Å²) in [6.07, 6.45) is 0.445. The first kappa shape index (κ1) is 23.5. The molecule has 1 aliphatic rings. The predicted molar refractivity (Wildman–Crippen MR) is 127 cm³/mol. The van der Waals surface area contributed by atoms with Crippen LogP contribution in [0.1, 0.15) is 26.4 Å². The normalized spacial score (nSPS) is 12.8. The van der Waals surface area contributed by atoms with Crippen LogP contribution in [-0.4, -0.2) is 37.8 Å². The lowest BCUT2D eigenvalue weighted by Crippen LogP contribution is -2.40. The van der Waals surface area contributed by atoms with Crippen LogP contribution >= 0.6 is 11.3 Å². The molecule has 3 aromatic rings. The number of imide groups is 1. The van der Waals surface area contributed by atoms with Crippen molar-refractivity contribution >= 4 is 39.3 Å². The third-order valence-corrected chi connectivity index (χ3v) is 7.50. The minimum Gasteiger partial charge on any atom is -0.337 e. The third-order valence-electron chi connectivity index (χ3n) is 5.21. The Morgan fingerprint density at radius 3 is 2.38 bits per heavy atom. The van der Waals surface area contributed by atoms with Gasteiger partial charge in [-0.1, -0.05) is 42.5 Å². The Morgan fingerprint density at radius 2 is 1.68 bits per heavy atom. The van der Waals surface area contributed by atoms with E-state index in [0.717, 1.165) is 16.7 Å². The first-order valence-electron chi connectivity index (χ1n) is 10.4. The minimum atomic E-state index is -4.03. The second-order valence-electron chi connectivity index (χ2n) is 7.57. The van der Waals surface area contributed by atoms with E-state index in [1.54, 1.807) is 12.1 Å². The van der Waals surface area contributed by atoms with Gasteiger partial charge in [-0.25, -0.2) is 22.7 Å². The SMILES string of the molecule is O=C(NCc1ccccc1)NS(=O)(=O)c1ccc(CCNC(=O)N2Cc3ccsc3C2=O)cc1. The highest BCUT2D eigenvalue weighted by atomic mass is 32.2. The van der Waals surface area contributed by atoms with Crippen molar-refractivity contribution in [1.82, 2.24) is 20.3 Å². The van der Waals surface area contributed by atoms with Gasteiger partial charge in [0.05, 0.1) is 16.3 Å². The molecule has 0 bridgehead atoms. The number of carbonyl (C=O) groups excluding carboxylic acids is 3. The number of amides is 5. The zero-order chi connectivity index (χ0) is 24.1. The molecule has 0 atom stereocenters. The second-order valence-corrected chi connectivity index (χ2v) is 10.2. The quantitative estimate of drug-likeness (QED) is 0.462. The lowest BCUT2D eigenvalue weighted by molar-refractivity contribution is 0.0824. The maximum atomic E-state index is 12.5. The van der Waals surface area contributed by atoms with Crippen LogP contribution in [0.2, 0.25) is 0 Å². The summed E-state index contributed by atoms with van der Waals surface area (Å²) in [6, 6.07) is 15.7. The predicted octanol–water partition coefficient (Wildman–Crippen LogP) is 2.84. The monoisotopic (exact) mass is 498 g/mol. The fourth-order valence-electron chi connectivity index (χ4n) is 3.42. The topological polar surface area (TPSA) is 125 Å². The molecule has 3 N–H and O–H groups in total. The van der Waals surface area contributed by atoms with Crippen molar-refractivity contribution in [3.8, 4) is 0 Å². The van der Waals surface area contributed by atoms with Crippen molar-refractivity contribution in [1.29, 1.82) is 0 Å². The number of benzene rings is 2. The number of fused-ring (bicyclic) bond motifs is 1. The Morgan fingerprint density at radius 1 is 0.941 bits per heavy atom. The molecular weight excluding hydrogens is 476 g/mol. The number of hydrogen-bond donors (Lipinski definition) is 3. The van der Waals surface area contributed by atoms with Gasteiger partial charge in [0.2, 0.25) is 0 Å². The van der Waals surface area contributed by atoms with E-state index in [1.165, 1.54) is 28.4 Å². The number of hydrogen-bond acceptors (Lipinski definition) is 6. The molecule has 0 radical (unpaired) electrons. The van der Waals surface area contributed by atoms with Crippen LogP contribution in [0.5, 0.6) is 0 Å². The maximum Gasteiger partial charge on any atom is 0.328 e. The van der Waals surface area contributed by atoms with E-state index in [-0.39, 0.29) is 30.4 Å². The molecule has 4 rings (SSSR count). The van der Waals surface area contributed by atoms with E-state index in [0.29, 0.717) is 11.3 Å². The lowest BCUT2D eigenvalue weighted by Gasteiger charge is -2.15. The molecule has 9 nitrogen and oxygen atoms in total. The Bertz CT molecular complexity index is 1300. The van der Waals surface area contributed by atoms with Gasteiger partial charge in [-0.05, 0) is 46.7 Å². The fourth-order valence-corrected chi connectivity index (χ4v) is 5.21. The molecule has 1 aromatic heterocycles. The molecule has 0 fully saturated rings. The van der Waals surface area contributed by atoms with Crippen molar-refractivity contribution in [2.24, 2.45) is 0 Å². The van der Waals surface area contributed by atoms with Gasteiger partial charge in [0.1, 0.15) is 0 Å². The number of carbonyl (C=O) groups is 3. The standard InChI is InChI=1S/C23H22N4O5S2/c28-21-20-18(11-13-33-20)15-27(21)23(30)24-12-10-16-6-8-19(9-7-16)34(31,32)26-22(29)25-14-17-4-2-1-3-5-17/h1-9,11,13H,10,12,14-15H2,(H,24,30)(H2,25,26,29). The zero-order valence-corrected chi connectivity index (χ0v) is 19.6. The molecule has 0 spiro atoms. The lowest BCUT2D eigenvalue weighted by atomic mass is 10.1. The summed E-state index contributed by atoms with van der Waals surface area (Å²) >= 11 is 1.32. The van der Waals surface area contributed by atoms with E-state index in [4.69, 9.17) is 0 Å². The number of rotatable bonds is 7. The maximum absolute atomic E-state index is 12.5. The molecule has 2 heterocycles. The van der Waals surface area contributed by atoms with E-state index >= 15 is 0 Å². The molecule has 11 heteroatoms. The Balaban J connectivity index is 1.24. The Hall–Kier alpha value is -3.70. The fraction of sp³-hybridized carbons (Fsp3) is 0.174. The van der Waals surface area contributed by atoms with Gasteiger partial charge in [-0.2, -0.15) is 0 Å². The van der Waals surface area contributed by atoms with Gasteiger partial charge in [0, 0.05) is 13.1 Å². The number of urea groups is 2. The van der Waals surface area contributed by atoms with Crippen LogP contribution in [0.15, 0.2) is 70.9 Å². The van der Waals surface area contributed by atoms with Gasteiger partial charge in [-0.15, -0.1) is 11.3 Å². The molecule has 34 heavy (non-hydrogen) atoms. The smallest absolute Gasteiger partial charge is 0.328 e. The highest BCUT2D eigenvalue weighted by Crippen LogP contribution is 2.27. The van der Waals surface area contributed by atoms with Gasteiger partial charge < -0.3 is 10.6 Å². The molecule has 0 saturated heterocycles. The van der Waals surface area contributed by atoms with Crippen LogP contribution in [0, 0.1) is 0 Å². The summed E-state index contributed by atoms with van der Waals surface area (Å²) in [6.45, 7) is 0.745. The second kappa shape index (κ2) is 10.1. The average Bonchev–Trinajstić information content (AvgIpc) is 3.41. The van der Waals surface area contributed by atoms with Crippen LogP contribution < -0.4 is 15.4 Å². The van der Waals surface area contributed by atoms with Crippen LogP contribution in [0.3, 0.4) is 0 Å². The molecule has 176 valence electrons. The molecule has 2 aromatic carbocycles. The number of nitrogens with one attached hydrogen (secondary N) is 3. The van der Waals surface area contributed by atoms with E-state index in [1.807, 2.05) is 46.5 Å². The first-order chi connectivity index (χ1) is 16.3. The zero-order valence-electron chi connectivity index (χ0n) is 18.0. The largest absolute Gasteiger partial charge is 0.337 e. The highest BCUT2D eigenvalue weighted by Gasteiger charge is 2.32. The van der Waals surface area contributed by atoms with Crippen molar-refractivity contribution in [2.45, 2.75) is 24.4 Å². The Labute approximate surface area is 200 Å². The summed E-state index contributed by atoms with van der Waals surface area (Å²) in [4.78, 5) is 38.3. The Kier molecular flexibility index (Phi) is 6.94. The summed E-state index contributed by atoms with van der Waals surface area (Å²) < 4.78 is 26.9. The van der Waals surface area contributed by atoms with Crippen LogP contribution in [0.25, 0.3) is 0 Å². The molecule has 0 unspecified atom stereocenters. The van der Waals surface area contributed by atoms with Gasteiger partial charge in [-0.3, -0.25) is 9.69 Å². The summed E-state index contributed by atoms with van der Waals surface area (Å²) in [5.74, 6) is -0.294. The van der Waals surface area contributed by atoms with Crippen molar-refractivity contribution in [2.75, 3.05) is 6.54 Å². The van der Waals surface area contributed by atoms with Crippen LogP contribution in [-0.2, 0) is 29.5 Å². The van der Waals surface area contributed by atoms with Gasteiger partial charge >= 0.3 is 12.1 Å². The van der Waals surface area contributed by atoms with Crippen molar-refractivity contribution in [3.63, 3.8) is 0 Å². The first-order valence-corrected chi connectivity index (χ1v) is 12.8.